The number of rotatable bonds is 9. The van der Waals surface area contributed by atoms with E-state index in [0.717, 1.165) is 44.4 Å². The number of anilines is 1. The molecule has 41 heavy (non-hydrogen) atoms. The molecule has 8 nitrogen and oxygen atoms in total. The number of benzene rings is 2. The largest absolute Gasteiger partial charge is 0.475 e. The number of hydrogen-bond acceptors (Lipinski definition) is 8. The summed E-state index contributed by atoms with van der Waals surface area (Å²) in [5.41, 5.74) is 1.79. The van der Waals surface area contributed by atoms with Crippen molar-refractivity contribution in [3.05, 3.63) is 70.3 Å². The highest BCUT2D eigenvalue weighted by molar-refractivity contribution is 7.17. The Morgan fingerprint density at radius 1 is 1.05 bits per heavy atom. The van der Waals surface area contributed by atoms with Crippen LogP contribution in [0.5, 0.6) is 5.75 Å². The first-order valence-corrected chi connectivity index (χ1v) is 15.5. The van der Waals surface area contributed by atoms with Crippen LogP contribution in [-0.4, -0.2) is 61.1 Å². The number of aromatic nitrogens is 1. The maximum atomic E-state index is 12.8. The molecule has 0 amide bonds. The Hall–Kier alpha value is -3.40. The first kappa shape index (κ1) is 27.8. The summed E-state index contributed by atoms with van der Waals surface area (Å²) < 4.78 is 20.4. The van der Waals surface area contributed by atoms with Gasteiger partial charge in [0, 0.05) is 67.3 Å². The SMILES string of the molecule is CCCC(Oc1ccc2ccc(=O)n(COC(=O)C3CCOCC3)c2c1)N1CCN(c2cccc3sccc23)CC1. The fourth-order valence-corrected chi connectivity index (χ4v) is 6.69. The van der Waals surface area contributed by atoms with E-state index in [0.29, 0.717) is 37.3 Å². The van der Waals surface area contributed by atoms with E-state index in [1.54, 1.807) is 17.4 Å². The Balaban J connectivity index is 1.15. The smallest absolute Gasteiger partial charge is 0.310 e. The predicted molar refractivity (Wildman–Crippen MR) is 163 cm³/mol. The minimum atomic E-state index is -0.276. The normalized spacial score (nSPS) is 17.6. The van der Waals surface area contributed by atoms with Gasteiger partial charge in [-0.2, -0.15) is 0 Å². The van der Waals surface area contributed by atoms with E-state index in [1.807, 2.05) is 18.2 Å². The third-order valence-electron chi connectivity index (χ3n) is 8.20. The van der Waals surface area contributed by atoms with Gasteiger partial charge in [0.15, 0.2) is 13.0 Å². The van der Waals surface area contributed by atoms with Crippen LogP contribution in [0.3, 0.4) is 0 Å². The van der Waals surface area contributed by atoms with Gasteiger partial charge >= 0.3 is 5.97 Å². The molecule has 0 saturated carbocycles. The van der Waals surface area contributed by atoms with Gasteiger partial charge in [-0.05, 0) is 66.4 Å². The Morgan fingerprint density at radius 3 is 2.66 bits per heavy atom. The Morgan fingerprint density at radius 2 is 1.85 bits per heavy atom. The van der Waals surface area contributed by atoms with Crippen LogP contribution in [0.15, 0.2) is 64.8 Å². The van der Waals surface area contributed by atoms with Gasteiger partial charge in [0.05, 0.1) is 11.4 Å². The molecule has 0 spiro atoms. The lowest BCUT2D eigenvalue weighted by Crippen LogP contribution is -2.52. The van der Waals surface area contributed by atoms with Crippen LogP contribution in [0.2, 0.25) is 0 Å². The zero-order valence-electron chi connectivity index (χ0n) is 23.5. The van der Waals surface area contributed by atoms with Gasteiger partial charge in [0.2, 0.25) is 0 Å². The molecular formula is C32H37N3O5S. The predicted octanol–water partition coefficient (Wildman–Crippen LogP) is 5.47. The minimum absolute atomic E-state index is 0.0632. The van der Waals surface area contributed by atoms with Crippen molar-refractivity contribution in [2.45, 2.75) is 45.6 Å². The van der Waals surface area contributed by atoms with Gasteiger partial charge in [-0.1, -0.05) is 19.4 Å². The van der Waals surface area contributed by atoms with E-state index in [9.17, 15) is 9.59 Å². The van der Waals surface area contributed by atoms with E-state index >= 15 is 0 Å². The van der Waals surface area contributed by atoms with Crippen molar-refractivity contribution in [1.29, 1.82) is 0 Å². The van der Waals surface area contributed by atoms with Gasteiger partial charge in [0.25, 0.3) is 5.56 Å². The molecule has 2 aliphatic rings. The molecule has 1 atom stereocenters. The van der Waals surface area contributed by atoms with Crippen molar-refractivity contribution < 1.29 is 19.0 Å². The van der Waals surface area contributed by atoms with Crippen LogP contribution >= 0.6 is 11.3 Å². The van der Waals surface area contributed by atoms with Crippen molar-refractivity contribution >= 4 is 44.0 Å². The van der Waals surface area contributed by atoms with E-state index in [2.05, 4.69) is 46.4 Å². The molecule has 9 heteroatoms. The molecule has 2 aromatic carbocycles. The number of ether oxygens (including phenoxy) is 3. The van der Waals surface area contributed by atoms with Crippen molar-refractivity contribution in [3.63, 3.8) is 0 Å². The number of fused-ring (bicyclic) bond motifs is 2. The number of pyridine rings is 1. The van der Waals surface area contributed by atoms with Crippen LogP contribution < -0.4 is 15.2 Å². The van der Waals surface area contributed by atoms with Crippen LogP contribution in [0.4, 0.5) is 5.69 Å². The zero-order valence-corrected chi connectivity index (χ0v) is 24.3. The van der Waals surface area contributed by atoms with Gasteiger partial charge < -0.3 is 19.1 Å². The van der Waals surface area contributed by atoms with E-state index in [-0.39, 0.29) is 30.4 Å². The first-order valence-electron chi connectivity index (χ1n) is 14.6. The van der Waals surface area contributed by atoms with Crippen LogP contribution in [0.1, 0.15) is 32.6 Å². The number of thiophene rings is 1. The molecule has 2 fully saturated rings. The average Bonchev–Trinajstić information content (AvgIpc) is 3.50. The number of carbonyl (C=O) groups excluding carboxylic acids is 1. The summed E-state index contributed by atoms with van der Waals surface area (Å²) in [7, 11) is 0. The second-order valence-electron chi connectivity index (χ2n) is 10.8. The summed E-state index contributed by atoms with van der Waals surface area (Å²) in [6.07, 6.45) is 3.14. The molecule has 0 aliphatic carbocycles. The summed E-state index contributed by atoms with van der Waals surface area (Å²) >= 11 is 1.78. The summed E-state index contributed by atoms with van der Waals surface area (Å²) in [6.45, 7) is 6.88. The third kappa shape index (κ3) is 6.12. The molecule has 4 aromatic rings. The van der Waals surface area contributed by atoms with Crippen LogP contribution in [-0.2, 0) is 21.0 Å². The Bertz CT molecular complexity index is 1550. The van der Waals surface area contributed by atoms with Gasteiger partial charge in [0.1, 0.15) is 5.75 Å². The molecule has 2 aliphatic heterocycles. The zero-order chi connectivity index (χ0) is 28.2. The Labute approximate surface area is 244 Å². The fourth-order valence-electron chi connectivity index (χ4n) is 5.88. The lowest BCUT2D eigenvalue weighted by atomic mass is 10.0. The third-order valence-corrected chi connectivity index (χ3v) is 9.08. The number of carbonyl (C=O) groups is 1. The van der Waals surface area contributed by atoms with E-state index in [1.165, 1.54) is 26.4 Å². The van der Waals surface area contributed by atoms with Crippen LogP contribution in [0.25, 0.3) is 21.0 Å². The molecule has 0 radical (unpaired) electrons. The number of esters is 1. The average molecular weight is 576 g/mol. The molecule has 1 unspecified atom stereocenters. The highest BCUT2D eigenvalue weighted by Gasteiger charge is 2.26. The minimum Gasteiger partial charge on any atom is -0.475 e. The lowest BCUT2D eigenvalue weighted by molar-refractivity contribution is -0.155. The van der Waals surface area contributed by atoms with Crippen molar-refractivity contribution in [2.24, 2.45) is 5.92 Å². The fraction of sp³-hybridized carbons (Fsp3) is 0.438. The van der Waals surface area contributed by atoms with Gasteiger partial charge in [-0.15, -0.1) is 11.3 Å². The van der Waals surface area contributed by atoms with E-state index in [4.69, 9.17) is 14.2 Å². The summed E-state index contributed by atoms with van der Waals surface area (Å²) in [4.78, 5) is 30.3. The maximum Gasteiger partial charge on any atom is 0.310 e. The second-order valence-corrected chi connectivity index (χ2v) is 11.7. The van der Waals surface area contributed by atoms with Crippen molar-refractivity contribution in [1.82, 2.24) is 9.47 Å². The first-order chi connectivity index (χ1) is 20.1. The highest BCUT2D eigenvalue weighted by Crippen LogP contribution is 2.32. The number of nitrogens with zero attached hydrogens (tertiary/aromatic N) is 3. The summed E-state index contributed by atoms with van der Waals surface area (Å²) in [5.74, 6) is 0.250. The van der Waals surface area contributed by atoms with Crippen molar-refractivity contribution in [2.75, 3.05) is 44.3 Å². The lowest BCUT2D eigenvalue weighted by Gasteiger charge is -2.40. The Kier molecular flexibility index (Phi) is 8.55. The topological polar surface area (TPSA) is 73.2 Å². The van der Waals surface area contributed by atoms with Gasteiger partial charge in [-0.25, -0.2) is 0 Å². The molecule has 0 N–H and O–H groups in total. The number of hydrogen-bond donors (Lipinski definition) is 0. The molecule has 0 bridgehead atoms. The summed E-state index contributed by atoms with van der Waals surface area (Å²) in [5, 5.41) is 4.38. The monoisotopic (exact) mass is 575 g/mol. The maximum absolute atomic E-state index is 12.8. The quantitative estimate of drug-likeness (QED) is 0.245. The molecular weight excluding hydrogens is 538 g/mol. The molecule has 2 saturated heterocycles. The number of piperazine rings is 1. The molecule has 2 aromatic heterocycles. The standard InChI is InChI=1S/C32H37N3O5S/c1-2-4-31(34-16-14-33(15-17-34)27-5-3-6-29-26(27)13-20-41-29)40-25-9-7-23-8-10-30(36)35(28(23)21-25)22-39-32(37)24-11-18-38-19-12-24/h3,5-10,13,20-21,24,31H,2,4,11-12,14-19,22H2,1H3. The molecule has 4 heterocycles. The highest BCUT2D eigenvalue weighted by atomic mass is 32.1. The van der Waals surface area contributed by atoms with Crippen LogP contribution in [0, 0.1) is 5.92 Å². The molecule has 6 rings (SSSR count). The second kappa shape index (κ2) is 12.6. The summed E-state index contributed by atoms with van der Waals surface area (Å²) in [6, 6.07) is 17.9. The van der Waals surface area contributed by atoms with E-state index < -0.39 is 0 Å². The van der Waals surface area contributed by atoms with Crippen molar-refractivity contribution in [3.8, 4) is 5.75 Å². The van der Waals surface area contributed by atoms with Gasteiger partial charge in [-0.3, -0.25) is 19.1 Å². The molecule has 216 valence electrons.